The molecule has 0 aromatic rings. The van der Waals surface area contributed by atoms with Crippen molar-refractivity contribution in [1.82, 2.24) is 4.90 Å². The number of unbranched alkanes of at least 4 members (excludes halogenated alkanes) is 21. The number of hydrogen-bond acceptors (Lipinski definition) is 11. The highest BCUT2D eigenvalue weighted by atomic mass is 16.6. The van der Waals surface area contributed by atoms with Crippen LogP contribution >= 0.6 is 0 Å². The van der Waals surface area contributed by atoms with Gasteiger partial charge in [-0.25, -0.2) is 4.79 Å². The maximum Gasteiger partial charge on any atom is 0.348 e. The molecule has 3 atom stereocenters. The SMILES string of the molecule is CCCCCCCCC(CCCCCC)OC(=O)CCCCCOC(=O)CC(OC(=O)CCCCN(C)C)C(=O)OCCCCCC(=O)OC(CCCCCC)CCCCCCCC. The van der Waals surface area contributed by atoms with Gasteiger partial charge in [0.25, 0.3) is 0 Å². The smallest absolute Gasteiger partial charge is 0.348 e. The summed E-state index contributed by atoms with van der Waals surface area (Å²) in [6, 6.07) is 0. The molecule has 0 aromatic heterocycles. The molecule has 3 unspecified atom stereocenters. The third kappa shape index (κ3) is 40.8. The van der Waals surface area contributed by atoms with Gasteiger partial charge in [-0.2, -0.15) is 0 Å². The Morgan fingerprint density at radius 1 is 0.375 bits per heavy atom. The van der Waals surface area contributed by atoms with E-state index in [1.165, 1.54) is 96.3 Å². The molecule has 0 N–H and O–H groups in total. The van der Waals surface area contributed by atoms with E-state index in [9.17, 15) is 24.0 Å². The van der Waals surface area contributed by atoms with Gasteiger partial charge in [0.05, 0.1) is 19.6 Å². The first-order chi connectivity index (χ1) is 31.1. The van der Waals surface area contributed by atoms with Crippen molar-refractivity contribution < 1.29 is 47.7 Å². The van der Waals surface area contributed by atoms with E-state index in [4.69, 9.17) is 23.7 Å². The molecule has 0 aliphatic heterocycles. The lowest BCUT2D eigenvalue weighted by Crippen LogP contribution is -2.32. The van der Waals surface area contributed by atoms with Gasteiger partial charge in [-0.15, -0.1) is 0 Å². The van der Waals surface area contributed by atoms with Gasteiger partial charge in [0, 0.05) is 19.3 Å². The van der Waals surface area contributed by atoms with Crippen LogP contribution in [-0.4, -0.2) is 86.9 Å². The summed E-state index contributed by atoms with van der Waals surface area (Å²) in [5.41, 5.74) is 0. The summed E-state index contributed by atoms with van der Waals surface area (Å²) in [5.74, 6) is -2.32. The van der Waals surface area contributed by atoms with E-state index in [1.54, 1.807) is 0 Å². The third-order valence-corrected chi connectivity index (χ3v) is 11.8. The van der Waals surface area contributed by atoms with Gasteiger partial charge in [-0.1, -0.05) is 130 Å². The Kier molecular flexibility index (Phi) is 43.6. The zero-order chi connectivity index (χ0) is 47.3. The van der Waals surface area contributed by atoms with Crippen molar-refractivity contribution in [3.8, 4) is 0 Å². The van der Waals surface area contributed by atoms with Crippen LogP contribution in [0, 0.1) is 0 Å². The Hall–Kier alpha value is -2.69. The van der Waals surface area contributed by atoms with Gasteiger partial charge in [0.15, 0.2) is 0 Å². The highest BCUT2D eigenvalue weighted by Gasteiger charge is 2.28. The standard InChI is InChI=1S/C53H99NO10/c1-7-11-15-19-21-27-37-46(35-25-17-13-9-3)62-49(55)39-29-23-33-43-60-52(58)45-48(64-51(57)41-31-32-42-54(5)6)53(59)61-44-34-24-30-40-50(56)63-47(36-26-18-14-10-4)38-28-22-20-16-12-8-2/h46-48H,7-45H2,1-6H3. The molecule has 0 bridgehead atoms. The van der Waals surface area contributed by atoms with Crippen molar-refractivity contribution in [1.29, 1.82) is 0 Å². The largest absolute Gasteiger partial charge is 0.466 e. The van der Waals surface area contributed by atoms with Crippen molar-refractivity contribution in [2.75, 3.05) is 33.9 Å². The first kappa shape index (κ1) is 61.3. The molecule has 0 saturated heterocycles. The van der Waals surface area contributed by atoms with Crippen LogP contribution in [0.15, 0.2) is 0 Å². The normalized spacial score (nSPS) is 12.7. The lowest BCUT2D eigenvalue weighted by atomic mass is 10.0. The second-order valence-corrected chi connectivity index (χ2v) is 18.5. The molecule has 0 rings (SSSR count). The molecule has 0 spiro atoms. The molecule has 11 heteroatoms. The van der Waals surface area contributed by atoms with Gasteiger partial charge in [0.1, 0.15) is 12.2 Å². The molecule has 0 saturated carbocycles. The maximum atomic E-state index is 13.1. The number of carbonyl (C=O) groups excluding carboxylic acids is 5. The van der Waals surface area contributed by atoms with Crippen LogP contribution in [-0.2, 0) is 47.7 Å². The van der Waals surface area contributed by atoms with E-state index in [2.05, 4.69) is 27.7 Å². The second-order valence-electron chi connectivity index (χ2n) is 18.5. The first-order valence-electron chi connectivity index (χ1n) is 26.6. The summed E-state index contributed by atoms with van der Waals surface area (Å²) in [6.45, 7) is 9.88. The molecular weight excluding hydrogens is 811 g/mol. The van der Waals surface area contributed by atoms with Crippen molar-refractivity contribution in [3.05, 3.63) is 0 Å². The highest BCUT2D eigenvalue weighted by molar-refractivity contribution is 5.84. The van der Waals surface area contributed by atoms with Crippen LogP contribution in [0.4, 0.5) is 0 Å². The van der Waals surface area contributed by atoms with Gasteiger partial charge >= 0.3 is 29.8 Å². The summed E-state index contributed by atoms with van der Waals surface area (Å²) in [7, 11) is 3.92. The zero-order valence-electron chi connectivity index (χ0n) is 42.3. The fraction of sp³-hybridized carbons (Fsp3) is 0.906. The Balaban J connectivity index is 4.83. The van der Waals surface area contributed by atoms with Gasteiger partial charge in [-0.3, -0.25) is 19.2 Å². The number of ether oxygens (including phenoxy) is 5. The molecule has 0 aliphatic carbocycles. The summed E-state index contributed by atoms with van der Waals surface area (Å²) in [6.07, 6.45) is 31.5. The van der Waals surface area contributed by atoms with E-state index in [0.29, 0.717) is 57.8 Å². The monoisotopic (exact) mass is 910 g/mol. The number of rotatable bonds is 47. The predicted octanol–water partition coefficient (Wildman–Crippen LogP) is 13.5. The summed E-state index contributed by atoms with van der Waals surface area (Å²) < 4.78 is 28.2. The minimum Gasteiger partial charge on any atom is -0.466 e. The molecule has 0 aliphatic rings. The Labute approximate surface area is 392 Å². The Morgan fingerprint density at radius 3 is 1.14 bits per heavy atom. The third-order valence-electron chi connectivity index (χ3n) is 11.8. The van der Waals surface area contributed by atoms with Crippen molar-refractivity contribution in [2.45, 2.75) is 277 Å². The number of hydrogen-bond donors (Lipinski definition) is 0. The molecule has 0 aromatic carbocycles. The van der Waals surface area contributed by atoms with E-state index in [1.807, 2.05) is 19.0 Å². The zero-order valence-corrected chi connectivity index (χ0v) is 42.3. The molecule has 0 fully saturated rings. The summed E-state index contributed by atoms with van der Waals surface area (Å²) in [4.78, 5) is 66.1. The van der Waals surface area contributed by atoms with Crippen molar-refractivity contribution in [3.63, 3.8) is 0 Å². The average Bonchev–Trinajstić information content (AvgIpc) is 3.26. The molecule has 0 amide bonds. The van der Waals surface area contributed by atoms with Crippen LogP contribution < -0.4 is 0 Å². The summed E-state index contributed by atoms with van der Waals surface area (Å²) in [5, 5.41) is 0. The fourth-order valence-corrected chi connectivity index (χ4v) is 7.76. The van der Waals surface area contributed by atoms with Crippen molar-refractivity contribution >= 4 is 29.8 Å². The number of nitrogens with zero attached hydrogens (tertiary/aromatic N) is 1. The van der Waals surface area contributed by atoms with Crippen LogP contribution in [0.2, 0.25) is 0 Å². The second kappa shape index (κ2) is 45.5. The van der Waals surface area contributed by atoms with E-state index in [0.717, 1.165) is 70.8 Å². The molecule has 0 heterocycles. The quantitative estimate of drug-likeness (QED) is 0.0328. The van der Waals surface area contributed by atoms with Gasteiger partial charge < -0.3 is 28.6 Å². The lowest BCUT2D eigenvalue weighted by molar-refractivity contribution is -0.172. The van der Waals surface area contributed by atoms with Gasteiger partial charge in [0.2, 0.25) is 6.10 Å². The molecular formula is C53H99NO10. The van der Waals surface area contributed by atoms with E-state index < -0.39 is 30.4 Å². The average molecular weight is 910 g/mol. The molecule has 11 nitrogen and oxygen atoms in total. The maximum absolute atomic E-state index is 13.1. The van der Waals surface area contributed by atoms with Crippen molar-refractivity contribution in [2.24, 2.45) is 0 Å². The number of esters is 5. The summed E-state index contributed by atoms with van der Waals surface area (Å²) >= 11 is 0. The van der Waals surface area contributed by atoms with Crippen LogP contribution in [0.5, 0.6) is 0 Å². The fourth-order valence-electron chi connectivity index (χ4n) is 7.76. The topological polar surface area (TPSA) is 135 Å². The van der Waals surface area contributed by atoms with Gasteiger partial charge in [-0.05, 0) is 123 Å². The number of carbonyl (C=O) groups is 5. The predicted molar refractivity (Wildman–Crippen MR) is 259 cm³/mol. The minimum atomic E-state index is -1.40. The Morgan fingerprint density at radius 2 is 0.719 bits per heavy atom. The highest BCUT2D eigenvalue weighted by Crippen LogP contribution is 2.20. The first-order valence-corrected chi connectivity index (χ1v) is 26.6. The van der Waals surface area contributed by atoms with Crippen LogP contribution in [0.3, 0.4) is 0 Å². The minimum absolute atomic E-state index is 0.0127. The van der Waals surface area contributed by atoms with Crippen LogP contribution in [0.25, 0.3) is 0 Å². The van der Waals surface area contributed by atoms with E-state index in [-0.39, 0.29) is 43.8 Å². The Bertz CT molecular complexity index is 1130. The lowest BCUT2D eigenvalue weighted by Gasteiger charge is -2.18. The van der Waals surface area contributed by atoms with E-state index >= 15 is 0 Å². The van der Waals surface area contributed by atoms with Crippen LogP contribution in [0.1, 0.15) is 259 Å². The molecule has 0 radical (unpaired) electrons. The molecule has 376 valence electrons. The molecule has 64 heavy (non-hydrogen) atoms.